The van der Waals surface area contributed by atoms with Gasteiger partial charge in [0.25, 0.3) is 0 Å². The van der Waals surface area contributed by atoms with Crippen molar-refractivity contribution in [3.05, 3.63) is 46.3 Å². The normalized spacial score (nSPS) is 17.3. The Balaban J connectivity index is 1.71. The first-order valence-corrected chi connectivity index (χ1v) is 7.18. The third-order valence-corrected chi connectivity index (χ3v) is 3.78. The Kier molecular flexibility index (Phi) is 5.65. The maximum atomic E-state index is 6.78. The van der Waals surface area contributed by atoms with E-state index in [-0.39, 0.29) is 0 Å². The lowest BCUT2D eigenvalue weighted by atomic mass is 10.2. The number of piperazine rings is 1. The first-order chi connectivity index (χ1) is 9.28. The van der Waals surface area contributed by atoms with Crippen molar-refractivity contribution < 1.29 is 0 Å². The zero-order valence-corrected chi connectivity index (χ0v) is 11.9. The molecule has 0 aromatic heterocycles. The van der Waals surface area contributed by atoms with Gasteiger partial charge in [-0.3, -0.25) is 4.90 Å². The van der Waals surface area contributed by atoms with E-state index in [0.717, 1.165) is 50.7 Å². The van der Waals surface area contributed by atoms with Gasteiger partial charge in [0, 0.05) is 50.7 Å². The third-order valence-electron chi connectivity index (χ3n) is 3.53. The maximum absolute atomic E-state index is 6.78. The molecule has 0 spiro atoms. The van der Waals surface area contributed by atoms with E-state index in [1.165, 1.54) is 5.56 Å². The van der Waals surface area contributed by atoms with Crippen LogP contribution in [0.3, 0.4) is 0 Å². The highest BCUT2D eigenvalue weighted by atomic mass is 35.5. The smallest absolute Gasteiger partial charge is 0.215 e. The average molecular weight is 278 g/mol. The number of hydrogen-bond acceptors (Lipinski definition) is 2. The van der Waals surface area contributed by atoms with Crippen LogP contribution in [0, 0.1) is 6.57 Å². The van der Waals surface area contributed by atoms with Crippen LogP contribution in [0.2, 0.25) is 5.02 Å². The van der Waals surface area contributed by atoms with Gasteiger partial charge in [0.1, 0.15) is 0 Å². The van der Waals surface area contributed by atoms with Crippen LogP contribution < -0.4 is 0 Å². The summed E-state index contributed by atoms with van der Waals surface area (Å²) in [5, 5.41) is 0.799. The fourth-order valence-electron chi connectivity index (χ4n) is 2.39. The van der Waals surface area contributed by atoms with Crippen LogP contribution in [-0.2, 0) is 6.54 Å². The van der Waals surface area contributed by atoms with E-state index in [1.54, 1.807) is 0 Å². The largest absolute Gasteiger partial charge is 0.317 e. The van der Waals surface area contributed by atoms with E-state index in [4.69, 9.17) is 18.2 Å². The lowest BCUT2D eigenvalue weighted by molar-refractivity contribution is 0.127. The predicted octanol–water partition coefficient (Wildman–Crippen LogP) is 2.77. The summed E-state index contributed by atoms with van der Waals surface area (Å²) >= 11 is 5.89. The summed E-state index contributed by atoms with van der Waals surface area (Å²) in [6, 6.07) is 8.11. The molecule has 3 nitrogen and oxygen atoms in total. The SMILES string of the molecule is [C-]#[N+]CCCN1CCN(Cc2ccc(Cl)cc2)CC1. The highest BCUT2D eigenvalue weighted by Crippen LogP contribution is 2.13. The van der Waals surface area contributed by atoms with E-state index in [9.17, 15) is 0 Å². The molecule has 4 heteroatoms. The number of rotatable bonds is 5. The second-order valence-electron chi connectivity index (χ2n) is 4.98. The average Bonchev–Trinajstić information content (AvgIpc) is 2.44. The fourth-order valence-corrected chi connectivity index (χ4v) is 2.52. The fraction of sp³-hybridized carbons (Fsp3) is 0.533. The molecule has 1 heterocycles. The van der Waals surface area contributed by atoms with E-state index < -0.39 is 0 Å². The summed E-state index contributed by atoms with van der Waals surface area (Å²) in [5.41, 5.74) is 1.32. The van der Waals surface area contributed by atoms with Gasteiger partial charge >= 0.3 is 0 Å². The Labute approximate surface area is 120 Å². The van der Waals surface area contributed by atoms with Gasteiger partial charge in [0.05, 0.1) is 0 Å². The molecule has 0 saturated carbocycles. The molecule has 0 radical (unpaired) electrons. The number of hydrogen-bond donors (Lipinski definition) is 0. The van der Waals surface area contributed by atoms with Crippen LogP contribution in [0.15, 0.2) is 24.3 Å². The van der Waals surface area contributed by atoms with Crippen LogP contribution in [0.1, 0.15) is 12.0 Å². The molecule has 102 valence electrons. The Morgan fingerprint density at radius 1 is 1.05 bits per heavy atom. The Hall–Kier alpha value is -1.08. The summed E-state index contributed by atoms with van der Waals surface area (Å²) in [6.45, 7) is 14.0. The van der Waals surface area contributed by atoms with Crippen molar-refractivity contribution in [2.45, 2.75) is 13.0 Å². The lowest BCUT2D eigenvalue weighted by Crippen LogP contribution is -2.46. The maximum Gasteiger partial charge on any atom is 0.215 e. The van der Waals surface area contributed by atoms with Gasteiger partial charge in [0.2, 0.25) is 6.54 Å². The lowest BCUT2D eigenvalue weighted by Gasteiger charge is -2.34. The Morgan fingerprint density at radius 2 is 1.68 bits per heavy atom. The zero-order valence-electron chi connectivity index (χ0n) is 11.2. The van der Waals surface area contributed by atoms with E-state index in [2.05, 4.69) is 26.8 Å². The molecule has 0 amide bonds. The summed E-state index contributed by atoms with van der Waals surface area (Å²) < 4.78 is 0. The minimum absolute atomic E-state index is 0.658. The molecular weight excluding hydrogens is 258 g/mol. The molecule has 0 atom stereocenters. The summed E-state index contributed by atoms with van der Waals surface area (Å²) in [7, 11) is 0. The van der Waals surface area contributed by atoms with Gasteiger partial charge in [-0.2, -0.15) is 0 Å². The van der Waals surface area contributed by atoms with Crippen molar-refractivity contribution in [2.75, 3.05) is 39.3 Å². The third kappa shape index (κ3) is 4.83. The van der Waals surface area contributed by atoms with Crippen LogP contribution in [0.4, 0.5) is 0 Å². The Bertz CT molecular complexity index is 416. The summed E-state index contributed by atoms with van der Waals surface area (Å²) in [5.74, 6) is 0. The van der Waals surface area contributed by atoms with Crippen molar-refractivity contribution in [2.24, 2.45) is 0 Å². The first kappa shape index (κ1) is 14.3. The molecule has 2 rings (SSSR count). The van der Waals surface area contributed by atoms with Gasteiger partial charge in [-0.25, -0.2) is 6.57 Å². The molecule has 1 aromatic rings. The van der Waals surface area contributed by atoms with Crippen molar-refractivity contribution in [1.82, 2.24) is 9.80 Å². The number of nitrogens with zero attached hydrogens (tertiary/aromatic N) is 3. The summed E-state index contributed by atoms with van der Waals surface area (Å²) in [4.78, 5) is 8.34. The monoisotopic (exact) mass is 277 g/mol. The quantitative estimate of drug-likeness (QED) is 0.605. The van der Waals surface area contributed by atoms with E-state index in [0.29, 0.717) is 6.54 Å². The van der Waals surface area contributed by atoms with Gasteiger partial charge in [-0.05, 0) is 17.7 Å². The van der Waals surface area contributed by atoms with Gasteiger partial charge in [-0.1, -0.05) is 23.7 Å². The standard InChI is InChI=1S/C15H20ClN3/c1-17-7-2-8-18-9-11-19(12-10-18)13-14-3-5-15(16)6-4-14/h3-6H,2,7-13H2. The van der Waals surface area contributed by atoms with Crippen molar-refractivity contribution in [3.8, 4) is 0 Å². The molecular formula is C15H20ClN3. The van der Waals surface area contributed by atoms with Crippen LogP contribution >= 0.6 is 11.6 Å². The van der Waals surface area contributed by atoms with Crippen LogP contribution in [0.5, 0.6) is 0 Å². The second-order valence-corrected chi connectivity index (χ2v) is 5.42. The predicted molar refractivity (Wildman–Crippen MR) is 79.3 cm³/mol. The Morgan fingerprint density at radius 3 is 2.32 bits per heavy atom. The van der Waals surface area contributed by atoms with Gasteiger partial charge < -0.3 is 9.74 Å². The minimum atomic E-state index is 0.658. The molecule has 1 fully saturated rings. The number of benzene rings is 1. The van der Waals surface area contributed by atoms with Crippen LogP contribution in [0.25, 0.3) is 4.85 Å². The van der Waals surface area contributed by atoms with Crippen LogP contribution in [-0.4, -0.2) is 49.1 Å². The van der Waals surface area contributed by atoms with Crippen molar-refractivity contribution in [3.63, 3.8) is 0 Å². The zero-order chi connectivity index (χ0) is 13.5. The molecule has 1 aromatic carbocycles. The molecule has 19 heavy (non-hydrogen) atoms. The molecule has 1 saturated heterocycles. The molecule has 0 aliphatic carbocycles. The summed E-state index contributed by atoms with van der Waals surface area (Å²) in [6.07, 6.45) is 1.00. The molecule has 0 unspecified atom stereocenters. The van der Waals surface area contributed by atoms with E-state index >= 15 is 0 Å². The molecule has 1 aliphatic heterocycles. The first-order valence-electron chi connectivity index (χ1n) is 6.80. The molecule has 1 aliphatic rings. The minimum Gasteiger partial charge on any atom is -0.317 e. The van der Waals surface area contributed by atoms with Gasteiger partial charge in [0.15, 0.2) is 0 Å². The highest BCUT2D eigenvalue weighted by Gasteiger charge is 2.16. The highest BCUT2D eigenvalue weighted by molar-refractivity contribution is 6.30. The van der Waals surface area contributed by atoms with Crippen molar-refractivity contribution >= 4 is 11.6 Å². The number of halogens is 1. The van der Waals surface area contributed by atoms with Gasteiger partial charge in [-0.15, -0.1) is 0 Å². The van der Waals surface area contributed by atoms with E-state index in [1.807, 2.05) is 12.1 Å². The second kappa shape index (κ2) is 7.49. The molecule has 0 N–H and O–H groups in total. The van der Waals surface area contributed by atoms with Crippen molar-refractivity contribution in [1.29, 1.82) is 0 Å². The topological polar surface area (TPSA) is 10.8 Å². The molecule has 0 bridgehead atoms.